The van der Waals surface area contributed by atoms with Gasteiger partial charge in [0.1, 0.15) is 19.8 Å². The van der Waals surface area contributed by atoms with Crippen LogP contribution in [0.1, 0.15) is 146 Å². The maximum Gasteiger partial charge on any atom is 1.00 e. The zero-order valence-corrected chi connectivity index (χ0v) is 47.2. The second-order valence-corrected chi connectivity index (χ2v) is 22.6. The second kappa shape index (κ2) is 33.4. The number of alkyl halides is 4. The minimum absolute atomic E-state index is 0. The van der Waals surface area contributed by atoms with Gasteiger partial charge in [0, 0.05) is 13.3 Å². The molecule has 25 heteroatoms. The van der Waals surface area contributed by atoms with E-state index in [1.54, 1.807) is 11.0 Å². The van der Waals surface area contributed by atoms with Gasteiger partial charge in [-0.1, -0.05) is 28.2 Å². The molecule has 72 heavy (non-hydrogen) atoms. The molecule has 0 heterocycles. The van der Waals surface area contributed by atoms with E-state index in [0.29, 0.717) is 29.6 Å². The number of nitrogens with one attached hydrogen (secondary N) is 1. The predicted molar refractivity (Wildman–Crippen MR) is 255 cm³/mol. The Hall–Kier alpha value is -1.72. The van der Waals surface area contributed by atoms with E-state index < -0.39 is 75.1 Å². The Kier molecular flexibility index (Phi) is 33.6. The quantitative estimate of drug-likeness (QED) is 0.0358. The summed E-state index contributed by atoms with van der Waals surface area (Å²) in [5, 5.41) is 4.98. The summed E-state index contributed by atoms with van der Waals surface area (Å²) >= 11 is 5.57. The molecule has 0 atom stereocenters. The Bertz CT molecular complexity index is 1830. The van der Waals surface area contributed by atoms with Gasteiger partial charge in [-0.2, -0.15) is 22.8 Å². The van der Waals surface area contributed by atoms with E-state index >= 15 is 0 Å². The molecule has 0 amide bonds. The van der Waals surface area contributed by atoms with Crippen LogP contribution in [0.2, 0.25) is 0 Å². The summed E-state index contributed by atoms with van der Waals surface area (Å²) in [4.78, 5) is 48.4. The second-order valence-electron chi connectivity index (χ2n) is 19.4. The Morgan fingerprint density at radius 3 is 1.15 bits per heavy atom. The molecule has 0 aromatic rings. The van der Waals surface area contributed by atoms with Gasteiger partial charge in [0.25, 0.3) is 0 Å². The van der Waals surface area contributed by atoms with Crippen molar-refractivity contribution in [1.29, 1.82) is 5.26 Å². The molecule has 8 fully saturated rings. The molecule has 0 unspecified atom stereocenters. The molecule has 8 bridgehead atoms. The normalized spacial score (nSPS) is 26.0. The van der Waals surface area contributed by atoms with Gasteiger partial charge in [0.05, 0.1) is 38.7 Å². The van der Waals surface area contributed by atoms with Crippen LogP contribution in [0.15, 0.2) is 0 Å². The van der Waals surface area contributed by atoms with Gasteiger partial charge >= 0.3 is 58.0 Å². The van der Waals surface area contributed by atoms with E-state index in [0.717, 1.165) is 37.0 Å². The summed E-state index contributed by atoms with van der Waals surface area (Å²) < 4.78 is 123. The number of carbonyl (C=O) groups excluding carboxylic acids is 4. The van der Waals surface area contributed by atoms with E-state index in [-0.39, 0.29) is 54.1 Å². The Morgan fingerprint density at radius 2 is 0.931 bits per heavy atom. The standard InChI is InChI=1S/C16H22F2O7S.C12H17ClO.2C6H15N.C4H6F2O6S.C2H3N.CH4.Na/c17-16(18,26(21,22)23)14(20)25-2-1-24-13(19)9-15-6-10-3-11(7-15)5-12(4-10)8-15;13-11(14)7-12-4-8-1-9(5-12)3-10(2-8)6-12;2*1-4-7(5-2)6-3;5-4(6,13(9,10)11)3(8)12-2-1-7;1-2-3;;/h10-12H,1-9H2,(H,21,22,23);8-10H,1-7H2;2*4-6H2,1-3H3;7H,1-2H2,(H,9,10,11);1H3;1H4;/q;;;;;;;+1/p-1. The van der Waals surface area contributed by atoms with E-state index in [9.17, 15) is 62.7 Å². The average Bonchev–Trinajstić information content (AvgIpc) is 3.24. The Morgan fingerprint density at radius 1 is 0.653 bits per heavy atom. The number of nitrogens with zero attached hydrogens (tertiary/aromatic N) is 2. The van der Waals surface area contributed by atoms with Crippen molar-refractivity contribution in [2.75, 3.05) is 65.7 Å². The minimum atomic E-state index is -6.15. The smallest absolute Gasteiger partial charge is 0.743 e. The number of quaternary nitrogens is 1. The van der Waals surface area contributed by atoms with Crippen molar-refractivity contribution in [1.82, 2.24) is 4.90 Å². The first-order valence-electron chi connectivity index (χ1n) is 24.3. The number of aliphatic hydroxyl groups is 1. The topological polar surface area (TPSA) is 262 Å². The third kappa shape index (κ3) is 23.3. The van der Waals surface area contributed by atoms with Crippen LogP contribution in [0.5, 0.6) is 0 Å². The first kappa shape index (κ1) is 72.4. The molecule has 17 nitrogen and oxygen atoms in total. The summed E-state index contributed by atoms with van der Waals surface area (Å²) in [5.41, 5.74) is 0.305. The van der Waals surface area contributed by atoms with Crippen molar-refractivity contribution >= 4 is 55.0 Å². The van der Waals surface area contributed by atoms with Gasteiger partial charge in [-0.25, -0.2) is 26.4 Å². The number of nitriles is 1. The summed E-state index contributed by atoms with van der Waals surface area (Å²) in [6.45, 7) is 19.3. The number of aliphatic hydroxyl groups excluding tert-OH is 1. The Labute approximate surface area is 453 Å². The molecule has 0 spiro atoms. The number of carbonyl (C=O) groups is 4. The Balaban J connectivity index is 0. The summed E-state index contributed by atoms with van der Waals surface area (Å²) in [5.74, 6) is -0.636. The first-order chi connectivity index (χ1) is 32.5. The van der Waals surface area contributed by atoms with Crippen molar-refractivity contribution in [2.24, 2.45) is 46.3 Å². The zero-order valence-electron chi connectivity index (χ0n) is 42.8. The number of hydrogen-bond acceptors (Lipinski definition) is 16. The van der Waals surface area contributed by atoms with Gasteiger partial charge in [0.2, 0.25) is 5.24 Å². The largest absolute Gasteiger partial charge is 1.00 e. The molecule has 0 saturated heterocycles. The monoisotopic (exact) mass is 1110 g/mol. The number of hydrogen-bond donors (Lipinski definition) is 2. The molecule has 2 N–H and O–H groups in total. The molecule has 8 saturated carbocycles. The van der Waals surface area contributed by atoms with Crippen molar-refractivity contribution in [2.45, 2.75) is 156 Å². The fourth-order valence-corrected chi connectivity index (χ4v) is 12.7. The van der Waals surface area contributed by atoms with Crippen LogP contribution in [0.4, 0.5) is 17.6 Å². The SMILES string of the molecule is C.CC#N.CCN(CC)CC.CC[NH+](CC)CC.O=C(CC12CC3CC(CC(C3)C1)C2)OCCOC(=O)C(F)(F)S(=O)(=O)[O-].O=C(Cl)CC12CC3CC(CC(C3)C1)C2.O=C(OCCO)C(F)(F)S(=O)(=O)[O-].[Na+]. The summed E-state index contributed by atoms with van der Waals surface area (Å²) in [6, 6.07) is 1.75. The van der Waals surface area contributed by atoms with Crippen molar-refractivity contribution in [3.8, 4) is 6.07 Å². The van der Waals surface area contributed by atoms with Crippen LogP contribution in [-0.4, -0.2) is 135 Å². The average molecular weight is 1110 g/mol. The zero-order chi connectivity index (χ0) is 53.7. The number of esters is 3. The van der Waals surface area contributed by atoms with Gasteiger partial charge in [-0.05, 0) is 175 Å². The van der Waals surface area contributed by atoms with Crippen LogP contribution >= 0.6 is 11.6 Å². The van der Waals surface area contributed by atoms with Gasteiger partial charge in [-0.15, -0.1) is 0 Å². The van der Waals surface area contributed by atoms with Crippen LogP contribution in [-0.2, 0) is 53.6 Å². The number of halogens is 5. The van der Waals surface area contributed by atoms with Crippen molar-refractivity contribution in [3.05, 3.63) is 0 Å². The summed E-state index contributed by atoms with van der Waals surface area (Å²) in [7, 11) is -12.2. The molecular formula is C47H81ClF4N3NaO14S2. The maximum atomic E-state index is 12.9. The van der Waals surface area contributed by atoms with Crippen LogP contribution < -0.4 is 34.5 Å². The minimum Gasteiger partial charge on any atom is -0.743 e. The molecule has 8 aliphatic rings. The molecule has 8 rings (SSSR count). The molecule has 416 valence electrons. The van der Waals surface area contributed by atoms with E-state index in [4.69, 9.17) is 26.7 Å². The van der Waals surface area contributed by atoms with Crippen LogP contribution in [0, 0.1) is 57.7 Å². The van der Waals surface area contributed by atoms with E-state index in [1.807, 2.05) is 0 Å². The third-order valence-corrected chi connectivity index (χ3v) is 15.9. The fourth-order valence-electron chi connectivity index (χ4n) is 11.9. The fraction of sp³-hybridized carbons (Fsp3) is 0.894. The van der Waals surface area contributed by atoms with Gasteiger partial charge < -0.3 is 38.2 Å². The number of rotatable bonds is 19. The number of ether oxygens (including phenoxy) is 3. The predicted octanol–water partition coefficient (Wildman–Crippen LogP) is 3.28. The molecule has 0 aromatic carbocycles. The van der Waals surface area contributed by atoms with Crippen LogP contribution in [0.3, 0.4) is 0 Å². The van der Waals surface area contributed by atoms with E-state index in [2.05, 4.69) is 55.9 Å². The summed E-state index contributed by atoms with van der Waals surface area (Å²) in [6.07, 6.45) is 15.8. The molecular weight excluding hydrogens is 1030 g/mol. The van der Waals surface area contributed by atoms with E-state index in [1.165, 1.54) is 104 Å². The molecule has 0 aliphatic heterocycles. The molecule has 0 aromatic heterocycles. The third-order valence-electron chi connectivity index (χ3n) is 14.2. The van der Waals surface area contributed by atoms with Gasteiger partial charge in [0.15, 0.2) is 20.2 Å². The van der Waals surface area contributed by atoms with Crippen molar-refractivity contribution in [3.63, 3.8) is 0 Å². The molecule has 8 aliphatic carbocycles. The van der Waals surface area contributed by atoms with Crippen molar-refractivity contribution < 1.29 is 116 Å². The first-order valence-corrected chi connectivity index (χ1v) is 27.5. The van der Waals surface area contributed by atoms with Crippen LogP contribution in [0.25, 0.3) is 0 Å². The molecule has 0 radical (unpaired) electrons. The van der Waals surface area contributed by atoms with Gasteiger partial charge in [-0.3, -0.25) is 9.59 Å². The maximum absolute atomic E-state index is 12.9.